The van der Waals surface area contributed by atoms with E-state index in [2.05, 4.69) is 9.88 Å². The summed E-state index contributed by atoms with van der Waals surface area (Å²) in [6.07, 6.45) is 6.95. The largest absolute Gasteiger partial charge is 0.481 e. The van der Waals surface area contributed by atoms with Crippen LogP contribution >= 0.6 is 0 Å². The molecule has 150 valence electrons. The lowest BCUT2D eigenvalue weighted by molar-refractivity contribution is 0.0137. The van der Waals surface area contributed by atoms with Gasteiger partial charge in [0.05, 0.1) is 26.5 Å². The van der Waals surface area contributed by atoms with Crippen LogP contribution in [0.25, 0.3) is 0 Å². The zero-order valence-corrected chi connectivity index (χ0v) is 16.8. The van der Waals surface area contributed by atoms with Gasteiger partial charge in [0, 0.05) is 38.3 Å². The van der Waals surface area contributed by atoms with Crippen LogP contribution in [0.15, 0.2) is 23.2 Å². The second kappa shape index (κ2) is 7.66. The Hall–Kier alpha value is -1.22. The molecule has 7 nitrogen and oxygen atoms in total. The number of aromatic nitrogens is 1. The molecule has 1 atom stereocenters. The van der Waals surface area contributed by atoms with Crippen LogP contribution in [-0.2, 0) is 14.8 Å². The van der Waals surface area contributed by atoms with E-state index in [1.54, 1.807) is 16.4 Å². The zero-order valence-electron chi connectivity index (χ0n) is 16.0. The van der Waals surface area contributed by atoms with Crippen molar-refractivity contribution >= 4 is 10.0 Å². The molecule has 1 aliphatic carbocycles. The van der Waals surface area contributed by atoms with Gasteiger partial charge in [0.15, 0.2) is 0 Å². The summed E-state index contributed by atoms with van der Waals surface area (Å²) >= 11 is 0. The number of rotatable bonds is 4. The normalized spacial score (nSPS) is 27.1. The van der Waals surface area contributed by atoms with Gasteiger partial charge in [0.2, 0.25) is 15.9 Å². The van der Waals surface area contributed by atoms with E-state index in [1.165, 1.54) is 32.6 Å². The maximum atomic E-state index is 12.9. The number of ether oxygens (including phenoxy) is 2. The molecule has 4 rings (SSSR count). The summed E-state index contributed by atoms with van der Waals surface area (Å²) in [5, 5.41) is 0. The third kappa shape index (κ3) is 3.85. The minimum absolute atomic E-state index is 0.247. The van der Waals surface area contributed by atoms with E-state index in [0.717, 1.165) is 39.1 Å². The Balaban J connectivity index is 1.38. The molecule has 1 unspecified atom stereocenters. The van der Waals surface area contributed by atoms with Gasteiger partial charge < -0.3 is 9.47 Å². The second-order valence-electron chi connectivity index (χ2n) is 7.99. The lowest BCUT2D eigenvalue weighted by atomic mass is 9.77. The average Bonchev–Trinajstić information content (AvgIpc) is 3.12. The molecule has 1 saturated carbocycles. The zero-order chi connectivity index (χ0) is 18.9. The van der Waals surface area contributed by atoms with Crippen molar-refractivity contribution in [2.75, 3.05) is 46.5 Å². The summed E-state index contributed by atoms with van der Waals surface area (Å²) < 4.78 is 38.0. The summed E-state index contributed by atoms with van der Waals surface area (Å²) in [5.41, 5.74) is 0.313. The molecule has 0 radical (unpaired) electrons. The Morgan fingerprint density at radius 2 is 1.89 bits per heavy atom. The molecule has 27 heavy (non-hydrogen) atoms. The Morgan fingerprint density at radius 3 is 2.52 bits per heavy atom. The van der Waals surface area contributed by atoms with Gasteiger partial charge in [-0.1, -0.05) is 0 Å². The van der Waals surface area contributed by atoms with Crippen molar-refractivity contribution < 1.29 is 17.9 Å². The number of methoxy groups -OCH3 is 1. The van der Waals surface area contributed by atoms with Crippen molar-refractivity contribution in [1.82, 2.24) is 14.2 Å². The molecule has 0 aromatic carbocycles. The summed E-state index contributed by atoms with van der Waals surface area (Å²) in [6, 6.07) is 3.82. The SMILES string of the molecule is COc1ccc(S(=O)(=O)N2CCC3(CCC(N4CCOCC4)C3)CC2)cn1. The Bertz CT molecular complexity index is 739. The molecule has 0 amide bonds. The van der Waals surface area contributed by atoms with Gasteiger partial charge >= 0.3 is 0 Å². The molecule has 2 saturated heterocycles. The van der Waals surface area contributed by atoms with E-state index in [0.29, 0.717) is 30.4 Å². The molecule has 0 N–H and O–H groups in total. The Labute approximate surface area is 161 Å². The maximum Gasteiger partial charge on any atom is 0.244 e. The molecular weight excluding hydrogens is 366 g/mol. The smallest absolute Gasteiger partial charge is 0.244 e. The summed E-state index contributed by atoms with van der Waals surface area (Å²) in [4.78, 5) is 6.87. The lowest BCUT2D eigenvalue weighted by Crippen LogP contribution is -2.45. The molecule has 1 aromatic heterocycles. The summed E-state index contributed by atoms with van der Waals surface area (Å²) in [6.45, 7) is 4.95. The van der Waals surface area contributed by atoms with Gasteiger partial charge in [-0.2, -0.15) is 4.31 Å². The van der Waals surface area contributed by atoms with E-state index in [1.807, 2.05) is 0 Å². The van der Waals surface area contributed by atoms with Crippen LogP contribution in [0.4, 0.5) is 0 Å². The first kappa shape index (κ1) is 19.1. The van der Waals surface area contributed by atoms with E-state index >= 15 is 0 Å². The van der Waals surface area contributed by atoms with Gasteiger partial charge in [-0.3, -0.25) is 4.90 Å². The predicted octanol–water partition coefficient (Wildman–Crippen LogP) is 1.75. The van der Waals surface area contributed by atoms with Crippen LogP contribution in [0.3, 0.4) is 0 Å². The van der Waals surface area contributed by atoms with Crippen molar-refractivity contribution in [2.24, 2.45) is 5.41 Å². The van der Waals surface area contributed by atoms with Crippen LogP contribution in [0, 0.1) is 5.41 Å². The fourth-order valence-electron chi connectivity index (χ4n) is 4.88. The molecule has 3 aliphatic rings. The average molecular weight is 396 g/mol. The highest BCUT2D eigenvalue weighted by Crippen LogP contribution is 2.48. The van der Waals surface area contributed by atoms with Crippen molar-refractivity contribution in [3.63, 3.8) is 0 Å². The highest BCUT2D eigenvalue weighted by atomic mass is 32.2. The van der Waals surface area contributed by atoms with E-state index < -0.39 is 10.0 Å². The van der Waals surface area contributed by atoms with Crippen molar-refractivity contribution in [2.45, 2.75) is 43.0 Å². The first-order valence-electron chi connectivity index (χ1n) is 9.84. The van der Waals surface area contributed by atoms with Gasteiger partial charge in [-0.05, 0) is 43.6 Å². The Morgan fingerprint density at radius 1 is 1.15 bits per heavy atom. The fraction of sp³-hybridized carbons (Fsp3) is 0.737. The Kier molecular flexibility index (Phi) is 5.42. The van der Waals surface area contributed by atoms with E-state index in [9.17, 15) is 8.42 Å². The summed E-state index contributed by atoms with van der Waals surface area (Å²) in [7, 11) is -1.96. The van der Waals surface area contributed by atoms with Gasteiger partial charge in [0.1, 0.15) is 4.90 Å². The number of hydrogen-bond donors (Lipinski definition) is 0. The maximum absolute atomic E-state index is 12.9. The van der Waals surface area contributed by atoms with E-state index in [-0.39, 0.29) is 4.90 Å². The highest BCUT2D eigenvalue weighted by Gasteiger charge is 2.45. The monoisotopic (exact) mass is 395 g/mol. The lowest BCUT2D eigenvalue weighted by Gasteiger charge is -2.40. The molecule has 1 aromatic rings. The molecule has 0 bridgehead atoms. The van der Waals surface area contributed by atoms with Crippen LogP contribution in [0.2, 0.25) is 0 Å². The number of morpholine rings is 1. The number of hydrogen-bond acceptors (Lipinski definition) is 6. The van der Waals surface area contributed by atoms with Crippen LogP contribution < -0.4 is 4.74 Å². The molecule has 3 fully saturated rings. The molecule has 8 heteroatoms. The fourth-order valence-corrected chi connectivity index (χ4v) is 6.26. The number of sulfonamides is 1. The van der Waals surface area contributed by atoms with Gasteiger partial charge in [-0.15, -0.1) is 0 Å². The third-order valence-electron chi connectivity index (χ3n) is 6.58. The third-order valence-corrected chi connectivity index (χ3v) is 8.46. The van der Waals surface area contributed by atoms with Gasteiger partial charge in [-0.25, -0.2) is 13.4 Å². The van der Waals surface area contributed by atoms with Crippen LogP contribution in [0.1, 0.15) is 32.1 Å². The van der Waals surface area contributed by atoms with Crippen molar-refractivity contribution in [3.8, 4) is 5.88 Å². The number of piperidine rings is 1. The topological polar surface area (TPSA) is 72.0 Å². The minimum atomic E-state index is -3.48. The number of nitrogens with zero attached hydrogens (tertiary/aromatic N) is 3. The van der Waals surface area contributed by atoms with Crippen LogP contribution in [-0.4, -0.2) is 75.2 Å². The molecule has 2 aliphatic heterocycles. The minimum Gasteiger partial charge on any atom is -0.481 e. The van der Waals surface area contributed by atoms with Crippen LogP contribution in [0.5, 0.6) is 5.88 Å². The molecular formula is C19H29N3O4S. The second-order valence-corrected chi connectivity index (χ2v) is 9.92. The van der Waals surface area contributed by atoms with Crippen molar-refractivity contribution in [3.05, 3.63) is 18.3 Å². The standard InChI is InChI=1S/C19H29N3O4S/c1-25-18-3-2-17(15-20-18)27(23,24)22-8-6-19(7-9-22)5-4-16(14-19)21-10-12-26-13-11-21/h2-3,15-16H,4-14H2,1H3. The molecule has 3 heterocycles. The van der Waals surface area contributed by atoms with Crippen molar-refractivity contribution in [1.29, 1.82) is 0 Å². The quantitative estimate of drug-likeness (QED) is 0.773. The first-order chi connectivity index (χ1) is 13.0. The highest BCUT2D eigenvalue weighted by molar-refractivity contribution is 7.89. The number of pyridine rings is 1. The van der Waals surface area contributed by atoms with E-state index in [4.69, 9.17) is 9.47 Å². The summed E-state index contributed by atoms with van der Waals surface area (Å²) in [5.74, 6) is 0.423. The first-order valence-corrected chi connectivity index (χ1v) is 11.3. The predicted molar refractivity (Wildman–Crippen MR) is 101 cm³/mol. The van der Waals surface area contributed by atoms with Gasteiger partial charge in [0.25, 0.3) is 0 Å². The molecule has 1 spiro atoms.